The number of aryl methyl sites for hydroxylation is 1. The first-order valence-corrected chi connectivity index (χ1v) is 10.7. The maximum absolute atomic E-state index is 13.2. The molecule has 2 aliphatic rings. The number of amides is 1. The van der Waals surface area contributed by atoms with E-state index in [2.05, 4.69) is 16.0 Å². The van der Waals surface area contributed by atoms with E-state index in [0.29, 0.717) is 6.54 Å². The second kappa shape index (κ2) is 7.86. The Balaban J connectivity index is 1.51. The smallest absolute Gasteiger partial charge is 0.289 e. The molecule has 0 saturated heterocycles. The summed E-state index contributed by atoms with van der Waals surface area (Å²) in [5.74, 6) is -0.378. The molecule has 0 spiro atoms. The molecular weight excluding hydrogens is 376 g/mol. The van der Waals surface area contributed by atoms with Gasteiger partial charge in [0.05, 0.1) is 12.4 Å². The number of para-hydroxylation sites is 1. The van der Waals surface area contributed by atoms with E-state index in [1.165, 1.54) is 12.0 Å². The SMILES string of the molecule is O=C1C(O)=C(c2c[nH]c3ccccc23)C(C2=CCCCC2)N1CCCn1ccnc1. The lowest BCUT2D eigenvalue weighted by molar-refractivity contribution is -0.129. The first-order chi connectivity index (χ1) is 14.7. The molecule has 1 aliphatic carbocycles. The fraction of sp³-hybridized carbons (Fsp3) is 0.333. The third-order valence-corrected chi connectivity index (χ3v) is 6.23. The lowest BCUT2D eigenvalue weighted by atomic mass is 9.87. The van der Waals surface area contributed by atoms with Crippen molar-refractivity contribution >= 4 is 22.4 Å². The maximum Gasteiger partial charge on any atom is 0.289 e. The summed E-state index contributed by atoms with van der Waals surface area (Å²) in [7, 11) is 0. The van der Waals surface area contributed by atoms with Crippen molar-refractivity contribution in [2.45, 2.75) is 44.7 Å². The minimum absolute atomic E-state index is 0.112. The minimum Gasteiger partial charge on any atom is -0.503 e. The summed E-state index contributed by atoms with van der Waals surface area (Å²) in [6, 6.07) is 7.84. The van der Waals surface area contributed by atoms with Crippen LogP contribution in [0.1, 0.15) is 37.7 Å². The predicted octanol–water partition coefficient (Wildman–Crippen LogP) is 4.44. The van der Waals surface area contributed by atoms with Crippen LogP contribution in [-0.4, -0.2) is 43.0 Å². The van der Waals surface area contributed by atoms with Crippen molar-refractivity contribution in [1.82, 2.24) is 19.4 Å². The molecule has 5 rings (SSSR count). The molecule has 6 nitrogen and oxygen atoms in total. The number of nitrogens with zero attached hydrogens (tertiary/aromatic N) is 3. The Morgan fingerprint density at radius 2 is 2.10 bits per heavy atom. The van der Waals surface area contributed by atoms with Gasteiger partial charge in [0.15, 0.2) is 5.76 Å². The van der Waals surface area contributed by atoms with E-state index in [-0.39, 0.29) is 17.7 Å². The van der Waals surface area contributed by atoms with E-state index in [1.807, 2.05) is 46.1 Å². The minimum atomic E-state index is -0.266. The molecule has 1 amide bonds. The number of aliphatic hydroxyl groups is 1. The molecule has 0 radical (unpaired) electrons. The van der Waals surface area contributed by atoms with E-state index >= 15 is 0 Å². The van der Waals surface area contributed by atoms with E-state index in [4.69, 9.17) is 0 Å². The van der Waals surface area contributed by atoms with Crippen LogP contribution in [0.2, 0.25) is 0 Å². The topological polar surface area (TPSA) is 74.2 Å². The summed E-state index contributed by atoms with van der Waals surface area (Å²) in [5.41, 5.74) is 3.93. The lowest BCUT2D eigenvalue weighted by Crippen LogP contribution is -2.38. The van der Waals surface area contributed by atoms with Gasteiger partial charge in [-0.1, -0.05) is 24.3 Å². The summed E-state index contributed by atoms with van der Waals surface area (Å²) in [5, 5.41) is 12.0. The molecule has 1 atom stereocenters. The van der Waals surface area contributed by atoms with Crippen molar-refractivity contribution in [1.29, 1.82) is 0 Å². The van der Waals surface area contributed by atoms with Gasteiger partial charge in [0, 0.05) is 53.7 Å². The standard InChI is InChI=1S/C24H26N4O2/c29-23-21(19-15-26-20-10-5-4-9-18(19)20)22(17-7-2-1-3-8-17)28(24(23)30)13-6-12-27-14-11-25-16-27/h4-5,7,9-11,14-16,22,26,29H,1-3,6,8,12-13H2. The van der Waals surface area contributed by atoms with Gasteiger partial charge < -0.3 is 19.6 Å². The van der Waals surface area contributed by atoms with E-state index in [9.17, 15) is 9.90 Å². The normalized spacial score (nSPS) is 19.7. The number of aromatic amines is 1. The number of hydrogen-bond donors (Lipinski definition) is 2. The van der Waals surface area contributed by atoms with Crippen LogP contribution in [0.15, 0.2) is 66.6 Å². The van der Waals surface area contributed by atoms with Gasteiger partial charge in [-0.05, 0) is 43.7 Å². The molecule has 3 heterocycles. The Kier molecular flexibility index (Phi) is 4.91. The molecule has 2 N–H and O–H groups in total. The highest BCUT2D eigenvalue weighted by molar-refractivity contribution is 6.09. The number of carbonyl (C=O) groups excluding carboxylic acids is 1. The summed E-state index contributed by atoms with van der Waals surface area (Å²) in [4.78, 5) is 22.4. The highest BCUT2D eigenvalue weighted by atomic mass is 16.3. The zero-order chi connectivity index (χ0) is 20.5. The molecule has 30 heavy (non-hydrogen) atoms. The van der Waals surface area contributed by atoms with Crippen LogP contribution in [0, 0.1) is 0 Å². The van der Waals surface area contributed by atoms with E-state index in [1.54, 1.807) is 12.5 Å². The van der Waals surface area contributed by atoms with Gasteiger partial charge in [0.2, 0.25) is 0 Å². The van der Waals surface area contributed by atoms with Crippen molar-refractivity contribution < 1.29 is 9.90 Å². The number of benzene rings is 1. The molecule has 1 unspecified atom stereocenters. The zero-order valence-corrected chi connectivity index (χ0v) is 16.9. The molecule has 0 saturated carbocycles. The summed E-state index contributed by atoms with van der Waals surface area (Å²) < 4.78 is 2.02. The molecule has 1 aromatic carbocycles. The molecular formula is C24H26N4O2. The van der Waals surface area contributed by atoms with Crippen LogP contribution in [0.25, 0.3) is 16.5 Å². The largest absolute Gasteiger partial charge is 0.503 e. The Labute approximate surface area is 175 Å². The maximum atomic E-state index is 13.2. The molecule has 154 valence electrons. The second-order valence-electron chi connectivity index (χ2n) is 8.09. The number of allylic oxidation sites excluding steroid dienone is 1. The van der Waals surface area contributed by atoms with Gasteiger partial charge in [0.25, 0.3) is 5.91 Å². The molecule has 0 bridgehead atoms. The van der Waals surface area contributed by atoms with Crippen molar-refractivity contribution in [3.05, 3.63) is 72.2 Å². The van der Waals surface area contributed by atoms with Crippen molar-refractivity contribution in [3.8, 4) is 0 Å². The first-order valence-electron chi connectivity index (χ1n) is 10.7. The fourth-order valence-corrected chi connectivity index (χ4v) is 4.79. The Morgan fingerprint density at radius 1 is 1.20 bits per heavy atom. The summed E-state index contributed by atoms with van der Waals surface area (Å²) in [6.07, 6.45) is 14.8. The number of imidazole rings is 1. The van der Waals surface area contributed by atoms with Gasteiger partial charge in [0.1, 0.15) is 0 Å². The van der Waals surface area contributed by atoms with Crippen LogP contribution >= 0.6 is 0 Å². The Morgan fingerprint density at radius 3 is 2.90 bits per heavy atom. The van der Waals surface area contributed by atoms with Crippen LogP contribution in [0.4, 0.5) is 0 Å². The molecule has 0 fully saturated rings. The number of hydrogen-bond acceptors (Lipinski definition) is 3. The molecule has 1 aliphatic heterocycles. The Hall–Kier alpha value is -3.28. The zero-order valence-electron chi connectivity index (χ0n) is 16.9. The third-order valence-electron chi connectivity index (χ3n) is 6.23. The van der Waals surface area contributed by atoms with Crippen LogP contribution in [-0.2, 0) is 11.3 Å². The van der Waals surface area contributed by atoms with Gasteiger partial charge in [-0.2, -0.15) is 0 Å². The highest BCUT2D eigenvalue weighted by Gasteiger charge is 2.42. The number of H-pyrrole nitrogens is 1. The quantitative estimate of drug-likeness (QED) is 0.599. The first kappa shape index (κ1) is 18.7. The van der Waals surface area contributed by atoms with Crippen molar-refractivity contribution in [2.75, 3.05) is 6.54 Å². The number of carbonyl (C=O) groups is 1. The number of aromatic nitrogens is 3. The van der Waals surface area contributed by atoms with Crippen LogP contribution in [0.5, 0.6) is 0 Å². The van der Waals surface area contributed by atoms with Crippen LogP contribution < -0.4 is 0 Å². The number of aliphatic hydroxyl groups excluding tert-OH is 1. The number of nitrogens with one attached hydrogen (secondary N) is 1. The van der Waals surface area contributed by atoms with Crippen molar-refractivity contribution in [2.24, 2.45) is 0 Å². The second-order valence-corrected chi connectivity index (χ2v) is 8.09. The summed E-state index contributed by atoms with van der Waals surface area (Å²) in [6.45, 7) is 1.38. The average Bonchev–Trinajstić information content (AvgIpc) is 3.50. The van der Waals surface area contributed by atoms with Crippen molar-refractivity contribution in [3.63, 3.8) is 0 Å². The summed E-state index contributed by atoms with van der Waals surface area (Å²) >= 11 is 0. The highest BCUT2D eigenvalue weighted by Crippen LogP contribution is 2.41. The van der Waals surface area contributed by atoms with Gasteiger partial charge in [-0.3, -0.25) is 4.79 Å². The lowest BCUT2D eigenvalue weighted by Gasteiger charge is -2.30. The predicted molar refractivity (Wildman–Crippen MR) is 117 cm³/mol. The fourth-order valence-electron chi connectivity index (χ4n) is 4.79. The molecule has 6 heteroatoms. The Bertz CT molecular complexity index is 1120. The molecule has 3 aromatic rings. The third kappa shape index (κ3) is 3.22. The van der Waals surface area contributed by atoms with Gasteiger partial charge >= 0.3 is 0 Å². The number of fused-ring (bicyclic) bond motifs is 1. The van der Waals surface area contributed by atoms with E-state index < -0.39 is 0 Å². The van der Waals surface area contributed by atoms with Crippen LogP contribution in [0.3, 0.4) is 0 Å². The van der Waals surface area contributed by atoms with E-state index in [0.717, 1.165) is 54.3 Å². The number of rotatable bonds is 6. The monoisotopic (exact) mass is 402 g/mol. The molecule has 2 aromatic heterocycles. The van der Waals surface area contributed by atoms with Gasteiger partial charge in [-0.15, -0.1) is 0 Å². The van der Waals surface area contributed by atoms with Gasteiger partial charge in [-0.25, -0.2) is 4.98 Å². The average molecular weight is 402 g/mol.